The molecular weight excluding hydrogens is 368 g/mol. The first-order valence-corrected chi connectivity index (χ1v) is 9.83. The average Bonchev–Trinajstić information content (AvgIpc) is 3.38. The lowest BCUT2D eigenvalue weighted by Crippen LogP contribution is -2.43. The smallest absolute Gasteiger partial charge is 0.245 e. The van der Waals surface area contributed by atoms with Crippen LogP contribution in [0.5, 0.6) is 0 Å². The molecule has 2 aliphatic rings. The standard InChI is InChI=1S/C20H24N8O/c1-3-15(29)27-5-4-12(9-27)18-16(13-6-25-28(10-13)14-7-22-8-14)17-19(21)23-11-24-20(17)26(18)2/h3,6,10-12,14,22H,1,4-5,7-9H2,2H3,(H2,21,23,24). The number of nitrogens with zero attached hydrogens (tertiary/aromatic N) is 6. The second-order valence-corrected chi connectivity index (χ2v) is 7.77. The normalized spacial score (nSPS) is 19.6. The fourth-order valence-corrected chi connectivity index (χ4v) is 4.50. The van der Waals surface area contributed by atoms with Gasteiger partial charge in [-0.05, 0) is 12.5 Å². The fraction of sp³-hybridized carbons (Fsp3) is 0.400. The minimum Gasteiger partial charge on any atom is -0.383 e. The fourth-order valence-electron chi connectivity index (χ4n) is 4.50. The number of carbonyl (C=O) groups excluding carboxylic acids is 1. The van der Waals surface area contributed by atoms with Gasteiger partial charge in [0.2, 0.25) is 5.91 Å². The Hall–Kier alpha value is -3.20. The highest BCUT2D eigenvalue weighted by molar-refractivity contribution is 6.02. The lowest BCUT2D eigenvalue weighted by atomic mass is 9.96. The van der Waals surface area contributed by atoms with Crippen LogP contribution in [0.15, 0.2) is 31.4 Å². The summed E-state index contributed by atoms with van der Waals surface area (Å²) in [7, 11) is 2.01. The van der Waals surface area contributed by atoms with Crippen LogP contribution in [0.4, 0.5) is 5.82 Å². The minimum absolute atomic E-state index is 0.0302. The molecule has 0 bridgehead atoms. The number of carbonyl (C=O) groups is 1. The first kappa shape index (κ1) is 17.9. The van der Waals surface area contributed by atoms with Crippen molar-refractivity contribution in [3.8, 4) is 11.1 Å². The van der Waals surface area contributed by atoms with Crippen molar-refractivity contribution in [1.82, 2.24) is 34.5 Å². The lowest BCUT2D eigenvalue weighted by molar-refractivity contribution is -0.125. The first-order chi connectivity index (χ1) is 14.1. The summed E-state index contributed by atoms with van der Waals surface area (Å²) in [6, 6.07) is 0.378. The Morgan fingerprint density at radius 3 is 2.93 bits per heavy atom. The summed E-state index contributed by atoms with van der Waals surface area (Å²) in [4.78, 5) is 22.7. The predicted octanol–water partition coefficient (Wildman–Crippen LogP) is 1.06. The Bertz CT molecular complexity index is 1110. The molecule has 1 amide bonds. The van der Waals surface area contributed by atoms with Crippen molar-refractivity contribution in [3.05, 3.63) is 37.1 Å². The van der Waals surface area contributed by atoms with Crippen LogP contribution in [0.1, 0.15) is 24.1 Å². The van der Waals surface area contributed by atoms with Gasteiger partial charge in [0.05, 0.1) is 17.6 Å². The van der Waals surface area contributed by atoms with E-state index in [1.165, 1.54) is 12.4 Å². The van der Waals surface area contributed by atoms with Crippen molar-refractivity contribution in [2.75, 3.05) is 31.9 Å². The van der Waals surface area contributed by atoms with Gasteiger partial charge in [-0.25, -0.2) is 9.97 Å². The van der Waals surface area contributed by atoms with Gasteiger partial charge in [-0.2, -0.15) is 5.10 Å². The van der Waals surface area contributed by atoms with Crippen molar-refractivity contribution in [3.63, 3.8) is 0 Å². The van der Waals surface area contributed by atoms with Crippen molar-refractivity contribution in [1.29, 1.82) is 0 Å². The molecule has 0 aliphatic carbocycles. The van der Waals surface area contributed by atoms with E-state index in [0.717, 1.165) is 47.4 Å². The summed E-state index contributed by atoms with van der Waals surface area (Å²) in [6.07, 6.45) is 7.73. The van der Waals surface area contributed by atoms with Crippen LogP contribution in [-0.4, -0.2) is 61.3 Å². The van der Waals surface area contributed by atoms with Crippen LogP contribution in [-0.2, 0) is 11.8 Å². The van der Waals surface area contributed by atoms with Crippen LogP contribution < -0.4 is 11.1 Å². The van der Waals surface area contributed by atoms with Crippen molar-refractivity contribution < 1.29 is 4.79 Å². The quantitative estimate of drug-likeness (QED) is 0.643. The molecule has 29 heavy (non-hydrogen) atoms. The maximum absolute atomic E-state index is 12.1. The molecule has 3 N–H and O–H groups in total. The van der Waals surface area contributed by atoms with Gasteiger partial charge in [-0.3, -0.25) is 9.48 Å². The van der Waals surface area contributed by atoms with E-state index in [9.17, 15) is 4.79 Å². The van der Waals surface area contributed by atoms with Gasteiger partial charge in [0, 0.05) is 62.2 Å². The largest absolute Gasteiger partial charge is 0.383 e. The van der Waals surface area contributed by atoms with Crippen molar-refractivity contribution >= 4 is 22.8 Å². The molecule has 0 saturated carbocycles. The van der Waals surface area contributed by atoms with Gasteiger partial charge in [0.25, 0.3) is 0 Å². The second-order valence-electron chi connectivity index (χ2n) is 7.77. The van der Waals surface area contributed by atoms with E-state index in [1.807, 2.05) is 22.8 Å². The number of amides is 1. The topological polar surface area (TPSA) is 107 Å². The number of fused-ring (bicyclic) bond motifs is 1. The summed E-state index contributed by atoms with van der Waals surface area (Å²) >= 11 is 0. The SMILES string of the molecule is C=CC(=O)N1CCC(c2c(-c3cnn(C4CNC4)c3)c3c(N)ncnc3n2C)C1. The van der Waals surface area contributed by atoms with Crippen LogP contribution in [0.25, 0.3) is 22.2 Å². The molecule has 1 atom stereocenters. The van der Waals surface area contributed by atoms with Gasteiger partial charge in [0.15, 0.2) is 0 Å². The minimum atomic E-state index is -0.0302. The van der Waals surface area contributed by atoms with Crippen molar-refractivity contribution in [2.45, 2.75) is 18.4 Å². The third-order valence-electron chi connectivity index (χ3n) is 6.13. The van der Waals surface area contributed by atoms with E-state index >= 15 is 0 Å². The van der Waals surface area contributed by atoms with Gasteiger partial charge in [-0.15, -0.1) is 0 Å². The van der Waals surface area contributed by atoms with Crippen molar-refractivity contribution in [2.24, 2.45) is 7.05 Å². The number of nitrogens with one attached hydrogen (secondary N) is 1. The number of nitrogen functional groups attached to an aromatic ring is 1. The average molecular weight is 392 g/mol. The van der Waals surface area contributed by atoms with E-state index < -0.39 is 0 Å². The monoisotopic (exact) mass is 392 g/mol. The number of aryl methyl sites for hydroxylation is 1. The maximum Gasteiger partial charge on any atom is 0.245 e. The molecule has 2 aliphatic heterocycles. The van der Waals surface area contributed by atoms with E-state index in [-0.39, 0.29) is 11.8 Å². The number of likely N-dealkylation sites (tertiary alicyclic amines) is 1. The van der Waals surface area contributed by atoms with E-state index in [4.69, 9.17) is 5.73 Å². The molecule has 2 saturated heterocycles. The van der Waals surface area contributed by atoms with Crippen LogP contribution in [0.3, 0.4) is 0 Å². The third-order valence-corrected chi connectivity index (χ3v) is 6.13. The Morgan fingerprint density at radius 2 is 2.21 bits per heavy atom. The Labute approximate surface area is 168 Å². The summed E-state index contributed by atoms with van der Waals surface area (Å²) in [6.45, 7) is 6.83. The molecule has 9 nitrogen and oxygen atoms in total. The zero-order valence-electron chi connectivity index (χ0n) is 16.4. The third kappa shape index (κ3) is 2.72. The number of aromatic nitrogens is 5. The molecule has 3 aromatic rings. The molecule has 5 heterocycles. The molecule has 0 aromatic carbocycles. The van der Waals surface area contributed by atoms with Crippen LogP contribution in [0, 0.1) is 0 Å². The number of rotatable bonds is 4. The summed E-state index contributed by atoms with van der Waals surface area (Å²) in [5.41, 5.74) is 10.3. The molecule has 9 heteroatoms. The van der Waals surface area contributed by atoms with Crippen LogP contribution in [0.2, 0.25) is 0 Å². The zero-order chi connectivity index (χ0) is 20.1. The number of hydrogen-bond donors (Lipinski definition) is 2. The van der Waals surface area contributed by atoms with E-state index in [2.05, 4.69) is 37.7 Å². The lowest BCUT2D eigenvalue weighted by Gasteiger charge is -2.27. The van der Waals surface area contributed by atoms with Gasteiger partial charge in [-0.1, -0.05) is 6.58 Å². The van der Waals surface area contributed by atoms with Gasteiger partial charge >= 0.3 is 0 Å². The maximum atomic E-state index is 12.1. The van der Waals surface area contributed by atoms with E-state index in [1.54, 1.807) is 0 Å². The predicted molar refractivity (Wildman–Crippen MR) is 110 cm³/mol. The number of anilines is 1. The summed E-state index contributed by atoms with van der Waals surface area (Å²) < 4.78 is 4.11. The molecule has 5 rings (SSSR count). The highest BCUT2D eigenvalue weighted by atomic mass is 16.2. The van der Waals surface area contributed by atoms with Gasteiger partial charge in [0.1, 0.15) is 17.8 Å². The molecular formula is C20H24N8O. The Kier molecular flexibility index (Phi) is 4.13. The highest BCUT2D eigenvalue weighted by Gasteiger charge is 2.33. The van der Waals surface area contributed by atoms with E-state index in [0.29, 0.717) is 24.9 Å². The summed E-state index contributed by atoms with van der Waals surface area (Å²) in [5, 5.41) is 8.72. The Balaban J connectivity index is 1.65. The Morgan fingerprint density at radius 1 is 1.38 bits per heavy atom. The number of hydrogen-bond acceptors (Lipinski definition) is 6. The number of nitrogens with two attached hydrogens (primary N) is 1. The first-order valence-electron chi connectivity index (χ1n) is 9.83. The van der Waals surface area contributed by atoms with Crippen LogP contribution >= 0.6 is 0 Å². The summed E-state index contributed by atoms with van der Waals surface area (Å²) in [5.74, 6) is 0.612. The molecule has 3 aromatic heterocycles. The molecule has 2 fully saturated rings. The molecule has 0 radical (unpaired) electrons. The zero-order valence-corrected chi connectivity index (χ0v) is 16.4. The van der Waals surface area contributed by atoms with Gasteiger partial charge < -0.3 is 20.5 Å². The highest BCUT2D eigenvalue weighted by Crippen LogP contribution is 2.42. The molecule has 0 spiro atoms. The molecule has 1 unspecified atom stereocenters. The molecule has 150 valence electrons. The second kappa shape index (κ2) is 6.70.